The molecule has 3 aromatic heterocycles. The van der Waals surface area contributed by atoms with Gasteiger partial charge in [0.05, 0.1) is 15.9 Å². The Balaban J connectivity index is 1.48. The van der Waals surface area contributed by atoms with Gasteiger partial charge in [-0.2, -0.15) is 11.3 Å². The van der Waals surface area contributed by atoms with E-state index in [0.29, 0.717) is 0 Å². The number of rotatable bonds is 6. The highest BCUT2D eigenvalue weighted by atomic mass is 79.9. The monoisotopic (exact) mass is 428 g/mol. The molecule has 0 aliphatic heterocycles. The highest BCUT2D eigenvalue weighted by Gasteiger charge is 2.10. The van der Waals surface area contributed by atoms with Crippen LogP contribution in [0.1, 0.15) is 11.1 Å². The summed E-state index contributed by atoms with van der Waals surface area (Å²) >= 11 is 6.95. The Morgan fingerprint density at radius 3 is 2.72 bits per heavy atom. The zero-order valence-electron chi connectivity index (χ0n) is 13.5. The molecule has 0 unspecified atom stereocenters. The Morgan fingerprint density at radius 2 is 1.92 bits per heavy atom. The topological polar surface area (TPSA) is 24.9 Å². The molecule has 0 amide bonds. The fourth-order valence-electron chi connectivity index (χ4n) is 2.82. The molecule has 0 aliphatic rings. The van der Waals surface area contributed by atoms with Crippen molar-refractivity contribution in [3.05, 3.63) is 74.2 Å². The van der Waals surface area contributed by atoms with Crippen LogP contribution in [0.2, 0.25) is 0 Å². The highest BCUT2D eigenvalue weighted by molar-refractivity contribution is 9.10. The first-order chi connectivity index (χ1) is 12.3. The lowest BCUT2D eigenvalue weighted by molar-refractivity contribution is 0.687. The van der Waals surface area contributed by atoms with Crippen molar-refractivity contribution < 1.29 is 0 Å². The zero-order chi connectivity index (χ0) is 17.1. The number of benzene rings is 1. The second kappa shape index (κ2) is 7.79. The van der Waals surface area contributed by atoms with Gasteiger partial charge in [-0.05, 0) is 65.2 Å². The van der Waals surface area contributed by atoms with Gasteiger partial charge >= 0.3 is 0 Å². The van der Waals surface area contributed by atoms with Gasteiger partial charge in [-0.25, -0.2) is 4.98 Å². The van der Waals surface area contributed by atoms with Gasteiger partial charge in [0.1, 0.15) is 0 Å². The minimum absolute atomic E-state index is 0.836. The smallest absolute Gasteiger partial charge is 0.0817 e. The van der Waals surface area contributed by atoms with Crippen molar-refractivity contribution in [3.63, 3.8) is 0 Å². The fraction of sp³-hybridized carbons (Fsp3) is 0.150. The lowest BCUT2D eigenvalue weighted by Gasteiger charge is -2.10. The number of nitrogens with zero attached hydrogens (tertiary/aromatic N) is 1. The van der Waals surface area contributed by atoms with E-state index in [2.05, 4.69) is 79.9 Å². The maximum absolute atomic E-state index is 4.90. The van der Waals surface area contributed by atoms with Crippen LogP contribution >= 0.6 is 38.6 Å². The standard InChI is InChI=1S/C20H17BrN2S2/c21-17-3-1-14(2-4-17)5-8-22-12-16-11-19-18(7-10-25-19)23-20(16)15-6-9-24-13-15/h1-4,6-7,9-11,13,22H,5,8,12H2. The van der Waals surface area contributed by atoms with Gasteiger partial charge < -0.3 is 5.32 Å². The van der Waals surface area contributed by atoms with E-state index in [-0.39, 0.29) is 0 Å². The molecule has 0 aliphatic carbocycles. The van der Waals surface area contributed by atoms with Crippen molar-refractivity contribution in [2.75, 3.05) is 6.54 Å². The fourth-order valence-corrected chi connectivity index (χ4v) is 4.52. The number of thiophene rings is 2. The minimum atomic E-state index is 0.836. The van der Waals surface area contributed by atoms with Gasteiger partial charge in [0.15, 0.2) is 0 Å². The number of aromatic nitrogens is 1. The number of fused-ring (bicyclic) bond motifs is 1. The summed E-state index contributed by atoms with van der Waals surface area (Å²) in [6.07, 6.45) is 1.02. The SMILES string of the molecule is Brc1ccc(CCNCc2cc3sccc3nc2-c2ccsc2)cc1. The summed E-state index contributed by atoms with van der Waals surface area (Å²) in [6.45, 7) is 1.79. The van der Waals surface area contributed by atoms with E-state index in [1.165, 1.54) is 21.4 Å². The first kappa shape index (κ1) is 16.9. The van der Waals surface area contributed by atoms with Crippen LogP contribution in [-0.4, -0.2) is 11.5 Å². The van der Waals surface area contributed by atoms with Crippen LogP contribution in [0.3, 0.4) is 0 Å². The minimum Gasteiger partial charge on any atom is -0.312 e. The molecule has 2 nitrogen and oxygen atoms in total. The summed E-state index contributed by atoms with van der Waals surface area (Å²) in [4.78, 5) is 4.90. The van der Waals surface area contributed by atoms with Gasteiger partial charge in [-0.1, -0.05) is 28.1 Å². The third-order valence-electron chi connectivity index (χ3n) is 4.13. The van der Waals surface area contributed by atoms with Crippen molar-refractivity contribution in [1.29, 1.82) is 0 Å². The van der Waals surface area contributed by atoms with Crippen molar-refractivity contribution in [2.24, 2.45) is 0 Å². The molecule has 0 fully saturated rings. The largest absolute Gasteiger partial charge is 0.312 e. The van der Waals surface area contributed by atoms with Crippen molar-refractivity contribution in [1.82, 2.24) is 10.3 Å². The van der Waals surface area contributed by atoms with Crippen LogP contribution in [0.25, 0.3) is 21.5 Å². The van der Waals surface area contributed by atoms with Crippen LogP contribution in [0, 0.1) is 0 Å². The molecule has 4 aromatic rings. The van der Waals surface area contributed by atoms with E-state index in [4.69, 9.17) is 4.98 Å². The van der Waals surface area contributed by atoms with Crippen LogP contribution in [0.4, 0.5) is 0 Å². The van der Waals surface area contributed by atoms with Gasteiger partial charge in [0, 0.05) is 22.0 Å². The van der Waals surface area contributed by atoms with Gasteiger partial charge in [0.25, 0.3) is 0 Å². The van der Waals surface area contributed by atoms with E-state index < -0.39 is 0 Å². The van der Waals surface area contributed by atoms with Crippen molar-refractivity contribution >= 4 is 48.8 Å². The maximum atomic E-state index is 4.90. The van der Waals surface area contributed by atoms with Gasteiger partial charge in [-0.15, -0.1) is 11.3 Å². The summed E-state index contributed by atoms with van der Waals surface area (Å²) in [7, 11) is 0. The molecular weight excluding hydrogens is 412 g/mol. The second-order valence-electron chi connectivity index (χ2n) is 5.87. The summed E-state index contributed by atoms with van der Waals surface area (Å²) < 4.78 is 2.38. The summed E-state index contributed by atoms with van der Waals surface area (Å²) in [5.74, 6) is 0. The molecule has 4 rings (SSSR count). The third kappa shape index (κ3) is 4.01. The first-order valence-corrected chi connectivity index (χ1v) is 10.8. The molecule has 0 radical (unpaired) electrons. The summed E-state index contributed by atoms with van der Waals surface area (Å²) in [5.41, 5.74) is 6.01. The van der Waals surface area contributed by atoms with E-state index in [1.807, 2.05) is 0 Å². The average molecular weight is 429 g/mol. The lowest BCUT2D eigenvalue weighted by atomic mass is 10.1. The zero-order valence-corrected chi connectivity index (χ0v) is 16.8. The van der Waals surface area contributed by atoms with Gasteiger partial charge in [0.2, 0.25) is 0 Å². The van der Waals surface area contributed by atoms with Crippen molar-refractivity contribution in [2.45, 2.75) is 13.0 Å². The molecule has 1 N–H and O–H groups in total. The Hall–Kier alpha value is -1.53. The number of halogens is 1. The van der Waals surface area contributed by atoms with Gasteiger partial charge in [-0.3, -0.25) is 0 Å². The van der Waals surface area contributed by atoms with Crippen LogP contribution in [-0.2, 0) is 13.0 Å². The lowest BCUT2D eigenvalue weighted by Crippen LogP contribution is -2.17. The molecule has 0 bridgehead atoms. The molecule has 0 atom stereocenters. The number of pyridine rings is 1. The molecule has 0 saturated heterocycles. The predicted molar refractivity (Wildman–Crippen MR) is 112 cm³/mol. The Labute approximate surface area is 163 Å². The quantitative estimate of drug-likeness (QED) is 0.374. The molecule has 5 heteroatoms. The van der Waals surface area contributed by atoms with E-state index in [1.54, 1.807) is 22.7 Å². The van der Waals surface area contributed by atoms with Crippen LogP contribution in [0.5, 0.6) is 0 Å². The van der Waals surface area contributed by atoms with E-state index >= 15 is 0 Å². The molecule has 25 heavy (non-hydrogen) atoms. The number of nitrogens with one attached hydrogen (secondary N) is 1. The Morgan fingerprint density at radius 1 is 1.04 bits per heavy atom. The summed E-state index contributed by atoms with van der Waals surface area (Å²) in [5, 5.41) is 9.97. The normalized spacial score (nSPS) is 11.2. The van der Waals surface area contributed by atoms with Crippen molar-refractivity contribution in [3.8, 4) is 11.3 Å². The Bertz CT molecular complexity index is 959. The number of hydrogen-bond donors (Lipinski definition) is 1. The molecule has 126 valence electrons. The van der Waals surface area contributed by atoms with E-state index in [9.17, 15) is 0 Å². The summed E-state index contributed by atoms with van der Waals surface area (Å²) in [6, 6.07) is 15.1. The molecule has 1 aromatic carbocycles. The third-order valence-corrected chi connectivity index (χ3v) is 6.19. The first-order valence-electron chi connectivity index (χ1n) is 8.14. The molecule has 0 saturated carbocycles. The second-order valence-corrected chi connectivity index (χ2v) is 8.51. The highest BCUT2D eigenvalue weighted by Crippen LogP contribution is 2.29. The van der Waals surface area contributed by atoms with Crippen LogP contribution < -0.4 is 5.32 Å². The Kier molecular flexibility index (Phi) is 5.27. The maximum Gasteiger partial charge on any atom is 0.0817 e. The van der Waals surface area contributed by atoms with E-state index in [0.717, 1.165) is 35.2 Å². The average Bonchev–Trinajstić information content (AvgIpc) is 3.30. The molecule has 0 spiro atoms. The predicted octanol–water partition coefficient (Wildman–Crippen LogP) is 6.12. The molecule has 3 heterocycles. The number of hydrogen-bond acceptors (Lipinski definition) is 4. The molecular formula is C20H17BrN2S2. The van der Waals surface area contributed by atoms with Crippen LogP contribution in [0.15, 0.2) is 63.1 Å².